The molecule has 31 heavy (non-hydrogen) atoms. The third-order valence-corrected chi connectivity index (χ3v) is 5.39. The molecular formula is C25H20BrNO4. The highest BCUT2D eigenvalue weighted by molar-refractivity contribution is 9.10. The Kier molecular flexibility index (Phi) is 6.18. The van der Waals surface area contributed by atoms with Crippen molar-refractivity contribution in [1.29, 1.82) is 0 Å². The van der Waals surface area contributed by atoms with E-state index in [1.165, 1.54) is 0 Å². The molecule has 0 aliphatic carbocycles. The summed E-state index contributed by atoms with van der Waals surface area (Å²) in [5.41, 5.74) is 3.73. The first kappa shape index (κ1) is 20.9. The number of carbonyl (C=O) groups is 1. The summed E-state index contributed by atoms with van der Waals surface area (Å²) in [6.07, 6.45) is 0.782. The second-order valence-electron chi connectivity index (χ2n) is 7.10. The predicted octanol–water partition coefficient (Wildman–Crippen LogP) is 5.54. The molecule has 0 saturated heterocycles. The zero-order valence-electron chi connectivity index (χ0n) is 16.9. The first-order chi connectivity index (χ1) is 15.0. The number of rotatable bonds is 7. The fourth-order valence-corrected chi connectivity index (χ4v) is 3.55. The summed E-state index contributed by atoms with van der Waals surface area (Å²) in [6.45, 7) is 2.44. The Bertz CT molecular complexity index is 1280. The van der Waals surface area contributed by atoms with Crippen molar-refractivity contribution in [1.82, 2.24) is 4.98 Å². The third-order valence-electron chi connectivity index (χ3n) is 4.86. The molecule has 6 heteroatoms. The van der Waals surface area contributed by atoms with Crippen molar-refractivity contribution < 1.29 is 14.3 Å². The molecule has 0 aliphatic rings. The van der Waals surface area contributed by atoms with E-state index in [0.717, 1.165) is 27.4 Å². The number of aldehydes is 1. The van der Waals surface area contributed by atoms with Crippen LogP contribution in [0.5, 0.6) is 11.5 Å². The number of halogens is 1. The normalized spacial score (nSPS) is 10.8. The number of fused-ring (bicyclic) bond motifs is 1. The van der Waals surface area contributed by atoms with Gasteiger partial charge in [0.1, 0.15) is 25.2 Å². The number of H-pyrrole nitrogens is 1. The predicted molar refractivity (Wildman–Crippen MR) is 125 cm³/mol. The molecule has 0 atom stereocenters. The van der Waals surface area contributed by atoms with Gasteiger partial charge in [-0.2, -0.15) is 0 Å². The Balaban J connectivity index is 1.61. The summed E-state index contributed by atoms with van der Waals surface area (Å²) in [6, 6.07) is 20.2. The lowest BCUT2D eigenvalue weighted by atomic mass is 10.1. The lowest BCUT2D eigenvalue weighted by molar-refractivity contribution is 0.112. The van der Waals surface area contributed by atoms with Crippen molar-refractivity contribution in [2.75, 3.05) is 13.2 Å². The molecule has 0 saturated carbocycles. The maximum absolute atomic E-state index is 13.2. The average molecular weight is 478 g/mol. The first-order valence-corrected chi connectivity index (χ1v) is 10.6. The van der Waals surface area contributed by atoms with Crippen LogP contribution in [0.1, 0.15) is 15.9 Å². The van der Waals surface area contributed by atoms with Gasteiger partial charge >= 0.3 is 0 Å². The fourth-order valence-electron chi connectivity index (χ4n) is 3.29. The SMILES string of the molecule is Cc1ccc2c(=O)c(OCCOc3ccc(C=O)cc3)c(-c3ccc(Br)cc3)[nH]c2c1. The number of aromatic nitrogens is 1. The van der Waals surface area contributed by atoms with E-state index in [2.05, 4.69) is 20.9 Å². The summed E-state index contributed by atoms with van der Waals surface area (Å²) >= 11 is 3.44. The second kappa shape index (κ2) is 9.18. The van der Waals surface area contributed by atoms with Gasteiger partial charge in [-0.1, -0.05) is 34.1 Å². The Morgan fingerprint density at radius 3 is 2.35 bits per heavy atom. The van der Waals surface area contributed by atoms with Crippen molar-refractivity contribution in [3.63, 3.8) is 0 Å². The molecule has 0 unspecified atom stereocenters. The second-order valence-corrected chi connectivity index (χ2v) is 8.01. The largest absolute Gasteiger partial charge is 0.490 e. The molecular weight excluding hydrogens is 458 g/mol. The average Bonchev–Trinajstić information content (AvgIpc) is 2.78. The summed E-state index contributed by atoms with van der Waals surface area (Å²) in [4.78, 5) is 27.3. The van der Waals surface area contributed by atoms with Crippen LogP contribution in [0, 0.1) is 6.92 Å². The van der Waals surface area contributed by atoms with Gasteiger partial charge in [-0.3, -0.25) is 9.59 Å². The number of ether oxygens (including phenoxy) is 2. The van der Waals surface area contributed by atoms with Gasteiger partial charge in [0.25, 0.3) is 0 Å². The molecule has 0 radical (unpaired) electrons. The summed E-state index contributed by atoms with van der Waals surface area (Å²) in [7, 11) is 0. The van der Waals surface area contributed by atoms with E-state index in [0.29, 0.717) is 22.4 Å². The Morgan fingerprint density at radius 1 is 0.935 bits per heavy atom. The minimum Gasteiger partial charge on any atom is -0.490 e. The molecule has 4 rings (SSSR count). The van der Waals surface area contributed by atoms with E-state index in [4.69, 9.17) is 9.47 Å². The highest BCUT2D eigenvalue weighted by atomic mass is 79.9. The van der Waals surface area contributed by atoms with Crippen LogP contribution in [0.4, 0.5) is 0 Å². The van der Waals surface area contributed by atoms with Gasteiger partial charge in [-0.05, 0) is 61.0 Å². The number of hydrogen-bond acceptors (Lipinski definition) is 4. The number of nitrogens with one attached hydrogen (secondary N) is 1. The van der Waals surface area contributed by atoms with Crippen LogP contribution < -0.4 is 14.9 Å². The lowest BCUT2D eigenvalue weighted by Gasteiger charge is -2.14. The summed E-state index contributed by atoms with van der Waals surface area (Å²) < 4.78 is 12.5. The quantitative estimate of drug-likeness (QED) is 0.280. The molecule has 3 aromatic carbocycles. The van der Waals surface area contributed by atoms with E-state index in [1.807, 2.05) is 49.4 Å². The fraction of sp³-hybridized carbons (Fsp3) is 0.120. The van der Waals surface area contributed by atoms with Crippen LogP contribution in [0.3, 0.4) is 0 Å². The van der Waals surface area contributed by atoms with Crippen LogP contribution in [0.25, 0.3) is 22.2 Å². The number of aryl methyl sites for hydroxylation is 1. The van der Waals surface area contributed by atoms with Gasteiger partial charge in [0.15, 0.2) is 5.75 Å². The molecule has 0 amide bonds. The van der Waals surface area contributed by atoms with Crippen molar-refractivity contribution in [3.8, 4) is 22.8 Å². The van der Waals surface area contributed by atoms with Crippen LogP contribution in [-0.2, 0) is 0 Å². The zero-order chi connectivity index (χ0) is 21.8. The van der Waals surface area contributed by atoms with E-state index in [1.54, 1.807) is 24.3 Å². The molecule has 156 valence electrons. The zero-order valence-corrected chi connectivity index (χ0v) is 18.4. The standard InChI is InChI=1S/C25H20BrNO4/c1-16-2-11-21-22(14-16)27-23(18-5-7-19(26)8-6-18)25(24(21)29)31-13-12-30-20-9-3-17(15-28)4-10-20/h2-11,14-15H,12-13H2,1H3,(H,27,29). The van der Waals surface area contributed by atoms with Gasteiger partial charge in [-0.15, -0.1) is 0 Å². The van der Waals surface area contributed by atoms with Crippen molar-refractivity contribution in [2.45, 2.75) is 6.92 Å². The number of pyridine rings is 1. The monoisotopic (exact) mass is 477 g/mol. The van der Waals surface area contributed by atoms with Crippen LogP contribution >= 0.6 is 15.9 Å². The van der Waals surface area contributed by atoms with E-state index in [9.17, 15) is 9.59 Å². The van der Waals surface area contributed by atoms with Gasteiger partial charge in [0.2, 0.25) is 5.43 Å². The maximum Gasteiger partial charge on any atom is 0.231 e. The lowest BCUT2D eigenvalue weighted by Crippen LogP contribution is -2.16. The van der Waals surface area contributed by atoms with Crippen LogP contribution in [-0.4, -0.2) is 24.5 Å². The first-order valence-electron chi connectivity index (χ1n) is 9.78. The summed E-state index contributed by atoms with van der Waals surface area (Å²) in [5, 5.41) is 0.576. The molecule has 1 heterocycles. The van der Waals surface area contributed by atoms with Crippen LogP contribution in [0.15, 0.2) is 76.0 Å². The van der Waals surface area contributed by atoms with Crippen LogP contribution in [0.2, 0.25) is 0 Å². The highest BCUT2D eigenvalue weighted by Crippen LogP contribution is 2.29. The minimum absolute atomic E-state index is 0.165. The maximum atomic E-state index is 13.2. The van der Waals surface area contributed by atoms with Gasteiger partial charge in [0.05, 0.1) is 11.2 Å². The van der Waals surface area contributed by atoms with Crippen molar-refractivity contribution in [2.24, 2.45) is 0 Å². The molecule has 0 spiro atoms. The van der Waals surface area contributed by atoms with Gasteiger partial charge in [-0.25, -0.2) is 0 Å². The third kappa shape index (κ3) is 4.70. The van der Waals surface area contributed by atoms with Crippen molar-refractivity contribution >= 4 is 33.1 Å². The molecule has 1 N–H and O–H groups in total. The van der Waals surface area contributed by atoms with Gasteiger partial charge < -0.3 is 14.5 Å². The molecule has 0 aliphatic heterocycles. The minimum atomic E-state index is -0.165. The Hall–Kier alpha value is -3.38. The molecule has 4 aromatic rings. The molecule has 5 nitrogen and oxygen atoms in total. The topological polar surface area (TPSA) is 68.4 Å². The smallest absolute Gasteiger partial charge is 0.231 e. The number of hydrogen-bond donors (Lipinski definition) is 1. The van der Waals surface area contributed by atoms with E-state index in [-0.39, 0.29) is 24.4 Å². The van der Waals surface area contributed by atoms with Crippen molar-refractivity contribution in [3.05, 3.63) is 92.6 Å². The molecule has 0 bridgehead atoms. The molecule has 0 fully saturated rings. The Morgan fingerprint density at radius 2 is 1.65 bits per heavy atom. The Labute approximate surface area is 187 Å². The summed E-state index contributed by atoms with van der Waals surface area (Å²) in [5.74, 6) is 0.892. The number of carbonyl (C=O) groups excluding carboxylic acids is 1. The van der Waals surface area contributed by atoms with E-state index < -0.39 is 0 Å². The molecule has 1 aromatic heterocycles. The number of aromatic amines is 1. The highest BCUT2D eigenvalue weighted by Gasteiger charge is 2.15. The van der Waals surface area contributed by atoms with Gasteiger partial charge in [0, 0.05) is 21.0 Å². The number of benzene rings is 3. The van der Waals surface area contributed by atoms with E-state index >= 15 is 0 Å².